The Hall–Kier alpha value is -3.29. The Morgan fingerprint density at radius 3 is 2.28 bits per heavy atom. The Morgan fingerprint density at radius 1 is 0.923 bits per heavy atom. The van der Waals surface area contributed by atoms with Crippen LogP contribution in [0.5, 0.6) is 28.7 Å². The molecule has 2 fully saturated rings. The van der Waals surface area contributed by atoms with Gasteiger partial charge < -0.3 is 53.6 Å². The van der Waals surface area contributed by atoms with Crippen molar-refractivity contribution >= 4 is 5.97 Å². The summed E-state index contributed by atoms with van der Waals surface area (Å²) in [6.07, 6.45) is -6.71. The molecule has 8 atom stereocenters. The third-order valence-corrected chi connectivity index (χ3v) is 7.95. The van der Waals surface area contributed by atoms with Crippen LogP contribution in [-0.4, -0.2) is 91.3 Å². The highest BCUT2D eigenvalue weighted by Gasteiger charge is 2.49. The Balaban J connectivity index is 1.41. The highest BCUT2D eigenvalue weighted by molar-refractivity contribution is 5.78. The first-order valence-electron chi connectivity index (χ1n) is 12.7. The Kier molecular flexibility index (Phi) is 6.68. The number of hydrogen-bond acceptors (Lipinski definition) is 12. The number of carbonyl (C=O) groups excluding carboxylic acids is 1. The van der Waals surface area contributed by atoms with E-state index in [0.29, 0.717) is 30.1 Å². The normalized spacial score (nSPS) is 32.7. The van der Waals surface area contributed by atoms with Gasteiger partial charge in [-0.1, -0.05) is 0 Å². The number of ether oxygens (including phenoxy) is 7. The molecule has 4 aliphatic rings. The van der Waals surface area contributed by atoms with Crippen molar-refractivity contribution in [2.24, 2.45) is 11.8 Å². The van der Waals surface area contributed by atoms with Gasteiger partial charge in [-0.3, -0.25) is 4.79 Å². The summed E-state index contributed by atoms with van der Waals surface area (Å²) < 4.78 is 39.4. The summed E-state index contributed by atoms with van der Waals surface area (Å²) in [7, 11) is 2.86. The van der Waals surface area contributed by atoms with Gasteiger partial charge in [0.2, 0.25) is 18.8 Å². The van der Waals surface area contributed by atoms with Gasteiger partial charge in [0, 0.05) is 11.8 Å². The number of fused-ring (bicyclic) bond motifs is 3. The standard InChI is InChI=1S/C27H30O12/c1-33-17-5-12(6-18(34-2)25(17)39-27-24(31)23(30)22(29)19(8-28)38-27)20-14-7-16-15(36-10-37-16)4-11(14)3-13-9-35-26(32)21(13)20/h4-7,13,19-24,27-31H,3,8-10H2,1-2H3/t13-,19+,20+,21-,22+,23-,24+,27-/m0/s1. The lowest BCUT2D eigenvalue weighted by molar-refractivity contribution is -0.277. The molecule has 2 aromatic rings. The molecule has 0 bridgehead atoms. The predicted molar refractivity (Wildman–Crippen MR) is 130 cm³/mol. The molecular formula is C27H30O12. The molecule has 4 N–H and O–H groups in total. The highest BCUT2D eigenvalue weighted by atomic mass is 16.7. The van der Waals surface area contributed by atoms with Crippen molar-refractivity contribution in [3.05, 3.63) is 41.0 Å². The topological polar surface area (TPSA) is 163 Å². The molecule has 39 heavy (non-hydrogen) atoms. The molecule has 0 saturated carbocycles. The highest BCUT2D eigenvalue weighted by Crippen LogP contribution is 2.52. The second-order valence-electron chi connectivity index (χ2n) is 10.1. The first kappa shape index (κ1) is 26.0. The molecule has 2 aromatic carbocycles. The quantitative estimate of drug-likeness (QED) is 0.362. The van der Waals surface area contributed by atoms with Crippen LogP contribution >= 0.6 is 0 Å². The van der Waals surface area contributed by atoms with Crippen LogP contribution in [0.25, 0.3) is 0 Å². The van der Waals surface area contributed by atoms with Gasteiger partial charge in [-0.2, -0.15) is 0 Å². The summed E-state index contributed by atoms with van der Waals surface area (Å²) in [4.78, 5) is 13.0. The number of aliphatic hydroxyl groups is 4. The number of cyclic esters (lactones) is 1. The lowest BCUT2D eigenvalue weighted by Gasteiger charge is -2.39. The zero-order valence-electron chi connectivity index (χ0n) is 21.3. The van der Waals surface area contributed by atoms with Gasteiger partial charge in [0.1, 0.15) is 24.4 Å². The molecule has 2 saturated heterocycles. The fourth-order valence-electron chi connectivity index (χ4n) is 5.98. The van der Waals surface area contributed by atoms with Crippen LogP contribution in [0.2, 0.25) is 0 Å². The number of aliphatic hydroxyl groups excluding tert-OH is 4. The summed E-state index contributed by atoms with van der Waals surface area (Å²) in [5.41, 5.74) is 2.65. The first-order chi connectivity index (χ1) is 18.8. The molecule has 210 valence electrons. The maximum Gasteiger partial charge on any atom is 0.310 e. The van der Waals surface area contributed by atoms with E-state index in [2.05, 4.69) is 0 Å². The van der Waals surface area contributed by atoms with Crippen LogP contribution in [0.3, 0.4) is 0 Å². The average molecular weight is 547 g/mol. The van der Waals surface area contributed by atoms with Crippen molar-refractivity contribution in [3.63, 3.8) is 0 Å². The van der Waals surface area contributed by atoms with Crippen molar-refractivity contribution in [1.82, 2.24) is 0 Å². The lowest BCUT2D eigenvalue weighted by atomic mass is 9.67. The predicted octanol–water partition coefficient (Wildman–Crippen LogP) is 0.0884. The van der Waals surface area contributed by atoms with Gasteiger partial charge in [0.25, 0.3) is 0 Å². The van der Waals surface area contributed by atoms with E-state index in [1.54, 1.807) is 12.1 Å². The zero-order valence-corrected chi connectivity index (χ0v) is 21.3. The van der Waals surface area contributed by atoms with E-state index in [1.807, 2.05) is 12.1 Å². The average Bonchev–Trinajstić information content (AvgIpc) is 3.56. The molecule has 0 aromatic heterocycles. The van der Waals surface area contributed by atoms with E-state index in [4.69, 9.17) is 33.2 Å². The van der Waals surface area contributed by atoms with Gasteiger partial charge >= 0.3 is 5.97 Å². The third-order valence-electron chi connectivity index (χ3n) is 7.95. The zero-order chi connectivity index (χ0) is 27.4. The lowest BCUT2D eigenvalue weighted by Crippen LogP contribution is -2.60. The van der Waals surface area contributed by atoms with E-state index in [0.717, 1.165) is 11.1 Å². The van der Waals surface area contributed by atoms with Crippen LogP contribution in [0.15, 0.2) is 24.3 Å². The van der Waals surface area contributed by atoms with E-state index in [1.165, 1.54) is 14.2 Å². The molecule has 6 rings (SSSR count). The van der Waals surface area contributed by atoms with Gasteiger partial charge in [-0.05, 0) is 47.4 Å². The smallest absolute Gasteiger partial charge is 0.310 e. The Labute approximate surface area is 223 Å². The summed E-state index contributed by atoms with van der Waals surface area (Å²) >= 11 is 0. The molecular weight excluding hydrogens is 516 g/mol. The second kappa shape index (κ2) is 10.0. The maximum atomic E-state index is 13.0. The van der Waals surface area contributed by atoms with E-state index < -0.39 is 49.1 Å². The molecule has 1 aliphatic carbocycles. The number of hydrogen-bond donors (Lipinski definition) is 4. The molecule has 12 heteroatoms. The van der Waals surface area contributed by atoms with E-state index in [-0.39, 0.29) is 35.9 Å². The Morgan fingerprint density at radius 2 is 1.62 bits per heavy atom. The van der Waals surface area contributed by atoms with Crippen molar-refractivity contribution in [3.8, 4) is 28.7 Å². The van der Waals surface area contributed by atoms with Crippen molar-refractivity contribution in [2.75, 3.05) is 34.2 Å². The van der Waals surface area contributed by atoms with Crippen molar-refractivity contribution < 1.29 is 58.4 Å². The number of benzene rings is 2. The summed E-state index contributed by atoms with van der Waals surface area (Å²) in [5.74, 6) is 0.608. The fourth-order valence-corrected chi connectivity index (χ4v) is 5.98. The first-order valence-corrected chi connectivity index (χ1v) is 12.7. The van der Waals surface area contributed by atoms with Crippen LogP contribution in [0, 0.1) is 11.8 Å². The molecule has 0 radical (unpaired) electrons. The molecule has 12 nitrogen and oxygen atoms in total. The fraction of sp³-hybridized carbons (Fsp3) is 0.519. The van der Waals surface area contributed by atoms with Gasteiger partial charge in [-0.25, -0.2) is 0 Å². The summed E-state index contributed by atoms with van der Waals surface area (Å²) in [5, 5.41) is 40.3. The minimum atomic E-state index is -1.62. The molecule has 0 unspecified atom stereocenters. The van der Waals surface area contributed by atoms with Crippen molar-refractivity contribution in [2.45, 2.75) is 43.0 Å². The van der Waals surface area contributed by atoms with Crippen LogP contribution in [0.1, 0.15) is 22.6 Å². The number of methoxy groups -OCH3 is 2. The van der Waals surface area contributed by atoms with Gasteiger partial charge in [0.05, 0.1) is 33.4 Å². The van der Waals surface area contributed by atoms with Crippen LogP contribution in [-0.2, 0) is 20.7 Å². The maximum absolute atomic E-state index is 13.0. The van der Waals surface area contributed by atoms with Crippen LogP contribution < -0.4 is 23.7 Å². The SMILES string of the molecule is COc1cc([C@@H]2c3cc4c(cc3C[C@H]3COC(=O)[C@@H]32)OCO4)cc(OC)c1O[C@@H]1O[C@H](CO)[C@@H](O)[C@H](O)[C@H]1O. The minimum absolute atomic E-state index is 0.0302. The van der Waals surface area contributed by atoms with E-state index >= 15 is 0 Å². The third kappa shape index (κ3) is 4.23. The number of carbonyl (C=O) groups is 1. The number of esters is 1. The van der Waals surface area contributed by atoms with Gasteiger partial charge in [-0.15, -0.1) is 0 Å². The molecule has 3 heterocycles. The second-order valence-corrected chi connectivity index (χ2v) is 10.1. The molecule has 0 amide bonds. The monoisotopic (exact) mass is 546 g/mol. The number of rotatable bonds is 6. The van der Waals surface area contributed by atoms with Gasteiger partial charge in [0.15, 0.2) is 23.0 Å². The summed E-state index contributed by atoms with van der Waals surface area (Å²) in [6.45, 7) is -0.153. The van der Waals surface area contributed by atoms with Crippen LogP contribution in [0.4, 0.5) is 0 Å². The largest absolute Gasteiger partial charge is 0.493 e. The van der Waals surface area contributed by atoms with Crippen molar-refractivity contribution in [1.29, 1.82) is 0 Å². The Bertz CT molecular complexity index is 1240. The molecule has 3 aliphatic heterocycles. The molecule has 0 spiro atoms. The van der Waals surface area contributed by atoms with E-state index in [9.17, 15) is 25.2 Å². The summed E-state index contributed by atoms with van der Waals surface area (Å²) in [6, 6.07) is 7.29. The minimum Gasteiger partial charge on any atom is -0.493 e.